The number of carbonyl (C=O) groups is 2. The molecule has 0 aliphatic rings. The number of hydrogen-bond donors (Lipinski definition) is 3. The van der Waals surface area contributed by atoms with E-state index in [4.69, 9.17) is 5.73 Å². The molecule has 2 rings (SSSR count). The number of carbonyl (C=O) groups excluding carboxylic acids is 2. The van der Waals surface area contributed by atoms with Crippen LogP contribution in [0.2, 0.25) is 0 Å². The monoisotopic (exact) mass is 366 g/mol. The van der Waals surface area contributed by atoms with Gasteiger partial charge in [0.2, 0.25) is 5.91 Å². The molecule has 0 radical (unpaired) electrons. The third-order valence-electron chi connectivity index (χ3n) is 3.15. The highest BCUT2D eigenvalue weighted by molar-refractivity contribution is 7.90. The van der Waals surface area contributed by atoms with Crippen LogP contribution in [0, 0.1) is 0 Å². The van der Waals surface area contributed by atoms with Crippen molar-refractivity contribution < 1.29 is 18.0 Å². The molecule has 25 heavy (non-hydrogen) atoms. The number of nitrogens with one attached hydrogen (secondary N) is 2. The molecule has 0 aliphatic carbocycles. The minimum atomic E-state index is -3.99. The highest BCUT2D eigenvalue weighted by Crippen LogP contribution is 2.10. The maximum atomic E-state index is 12.2. The molecule has 0 atom stereocenters. The lowest BCUT2D eigenvalue weighted by molar-refractivity contribution is -0.120. The summed E-state index contributed by atoms with van der Waals surface area (Å²) in [5, 5.41) is 9.80. The fourth-order valence-corrected chi connectivity index (χ4v) is 2.83. The average molecular weight is 366 g/mol. The second-order valence-corrected chi connectivity index (χ2v) is 6.76. The first-order valence-electron chi connectivity index (χ1n) is 7.38. The zero-order chi connectivity index (χ0) is 18.4. The normalized spacial score (nSPS) is 11.1. The quantitative estimate of drug-likeness (QED) is 0.603. The van der Waals surface area contributed by atoms with Crippen molar-refractivity contribution in [1.29, 1.82) is 0 Å². The van der Waals surface area contributed by atoms with Gasteiger partial charge in [-0.25, -0.2) is 17.8 Å². The summed E-state index contributed by atoms with van der Waals surface area (Å²) in [6, 6.07) is 5.87. The molecular weight excluding hydrogens is 348 g/mol. The van der Waals surface area contributed by atoms with Crippen LogP contribution in [0.1, 0.15) is 18.9 Å². The zero-order valence-corrected chi connectivity index (χ0v) is 14.3. The molecular formula is C14H18N6O4S. The fourth-order valence-electron chi connectivity index (χ4n) is 1.86. The number of hydrogen-bond acceptors (Lipinski definition) is 7. The Kier molecular flexibility index (Phi) is 5.83. The summed E-state index contributed by atoms with van der Waals surface area (Å²) in [5.74, 6) is -0.860. The van der Waals surface area contributed by atoms with Gasteiger partial charge in [0, 0.05) is 13.0 Å². The molecule has 2 aromatic rings. The smallest absolute Gasteiger partial charge is 0.264 e. The van der Waals surface area contributed by atoms with E-state index in [9.17, 15) is 18.0 Å². The predicted molar refractivity (Wildman–Crippen MR) is 88.6 cm³/mol. The van der Waals surface area contributed by atoms with Crippen LogP contribution in [-0.4, -0.2) is 35.2 Å². The van der Waals surface area contributed by atoms with Crippen molar-refractivity contribution in [2.45, 2.75) is 31.3 Å². The Labute approximate surface area is 144 Å². The number of nitrogens with zero attached hydrogens (tertiary/aromatic N) is 3. The van der Waals surface area contributed by atoms with E-state index < -0.39 is 15.9 Å². The van der Waals surface area contributed by atoms with E-state index in [0.29, 0.717) is 0 Å². The van der Waals surface area contributed by atoms with Crippen LogP contribution in [0.5, 0.6) is 0 Å². The van der Waals surface area contributed by atoms with Gasteiger partial charge in [0.15, 0.2) is 5.82 Å². The first-order chi connectivity index (χ1) is 11.8. The summed E-state index contributed by atoms with van der Waals surface area (Å²) in [6.45, 7) is 1.60. The Morgan fingerprint density at radius 3 is 2.48 bits per heavy atom. The second kappa shape index (κ2) is 7.85. The van der Waals surface area contributed by atoms with Crippen molar-refractivity contribution in [3.8, 4) is 0 Å². The molecule has 0 fully saturated rings. The lowest BCUT2D eigenvalue weighted by atomic mass is 10.2. The van der Waals surface area contributed by atoms with E-state index in [1.54, 1.807) is 19.1 Å². The Balaban J connectivity index is 2.00. The Bertz CT molecular complexity index is 860. The van der Waals surface area contributed by atoms with Gasteiger partial charge in [-0.05, 0) is 17.7 Å². The van der Waals surface area contributed by atoms with E-state index in [1.807, 2.05) is 4.72 Å². The van der Waals surface area contributed by atoms with Crippen LogP contribution in [0.25, 0.3) is 0 Å². The lowest BCUT2D eigenvalue weighted by Gasteiger charge is -2.07. The van der Waals surface area contributed by atoms with Crippen LogP contribution in [0.4, 0.5) is 5.82 Å². The molecule has 0 saturated carbocycles. The van der Waals surface area contributed by atoms with E-state index in [1.165, 1.54) is 18.3 Å². The van der Waals surface area contributed by atoms with Crippen LogP contribution < -0.4 is 15.8 Å². The number of anilines is 1. The fraction of sp³-hybridized carbons (Fsp3) is 0.286. The van der Waals surface area contributed by atoms with Gasteiger partial charge in [-0.2, -0.15) is 0 Å². The Morgan fingerprint density at radius 2 is 1.88 bits per heavy atom. The van der Waals surface area contributed by atoms with Crippen molar-refractivity contribution >= 4 is 27.7 Å². The summed E-state index contributed by atoms with van der Waals surface area (Å²) in [7, 11) is -3.99. The molecule has 2 amide bonds. The number of rotatable bonds is 7. The van der Waals surface area contributed by atoms with E-state index >= 15 is 0 Å². The minimum absolute atomic E-state index is 0.0486. The van der Waals surface area contributed by atoms with Gasteiger partial charge in [0.1, 0.15) is 6.54 Å². The summed E-state index contributed by atoms with van der Waals surface area (Å²) >= 11 is 0. The minimum Gasteiger partial charge on any atom is -0.326 e. The maximum absolute atomic E-state index is 12.2. The Hall–Kier alpha value is -2.79. The van der Waals surface area contributed by atoms with Crippen molar-refractivity contribution in [2.75, 3.05) is 5.32 Å². The second-order valence-electron chi connectivity index (χ2n) is 5.08. The molecule has 1 heterocycles. The van der Waals surface area contributed by atoms with Crippen LogP contribution >= 0.6 is 0 Å². The molecule has 1 aromatic carbocycles. The first kappa shape index (κ1) is 18.5. The standard InChI is InChI=1S/C14H18N6O4S/c1-2-13(21)16-12-8-20(19-17-12)9-14(22)18-25(23,24)11-5-3-10(7-15)4-6-11/h3-6,8H,2,7,9,15H2,1H3,(H,16,21)(H,18,22). The summed E-state index contributed by atoms with van der Waals surface area (Å²) < 4.78 is 27.4. The molecule has 10 nitrogen and oxygen atoms in total. The predicted octanol–water partition coefficient (Wildman–Crippen LogP) is -0.410. The van der Waals surface area contributed by atoms with Crippen molar-refractivity contribution in [3.63, 3.8) is 0 Å². The lowest BCUT2D eigenvalue weighted by Crippen LogP contribution is -2.33. The van der Waals surface area contributed by atoms with E-state index in [0.717, 1.165) is 10.2 Å². The third-order valence-corrected chi connectivity index (χ3v) is 4.54. The summed E-state index contributed by atoms with van der Waals surface area (Å²) in [5.41, 5.74) is 6.23. The van der Waals surface area contributed by atoms with Gasteiger partial charge in [-0.1, -0.05) is 24.3 Å². The molecule has 4 N–H and O–H groups in total. The van der Waals surface area contributed by atoms with E-state index in [2.05, 4.69) is 15.6 Å². The maximum Gasteiger partial charge on any atom is 0.264 e. The van der Waals surface area contributed by atoms with Gasteiger partial charge in [-0.3, -0.25) is 9.59 Å². The van der Waals surface area contributed by atoms with Crippen molar-refractivity contribution in [1.82, 2.24) is 19.7 Å². The summed E-state index contributed by atoms with van der Waals surface area (Å²) in [6.07, 6.45) is 1.60. The molecule has 0 bridgehead atoms. The number of sulfonamides is 1. The zero-order valence-electron chi connectivity index (χ0n) is 13.5. The largest absolute Gasteiger partial charge is 0.326 e. The van der Waals surface area contributed by atoms with Crippen LogP contribution in [-0.2, 0) is 32.7 Å². The SMILES string of the molecule is CCC(=O)Nc1cn(CC(=O)NS(=O)(=O)c2ccc(CN)cc2)nn1. The molecule has 0 unspecified atom stereocenters. The van der Waals surface area contributed by atoms with Crippen LogP contribution in [0.15, 0.2) is 35.4 Å². The van der Waals surface area contributed by atoms with Crippen molar-refractivity contribution in [3.05, 3.63) is 36.0 Å². The third kappa shape index (κ3) is 5.09. The highest BCUT2D eigenvalue weighted by Gasteiger charge is 2.18. The van der Waals surface area contributed by atoms with Gasteiger partial charge < -0.3 is 11.1 Å². The molecule has 134 valence electrons. The number of amides is 2. The Morgan fingerprint density at radius 1 is 1.20 bits per heavy atom. The van der Waals surface area contributed by atoms with Crippen LogP contribution in [0.3, 0.4) is 0 Å². The summed E-state index contributed by atoms with van der Waals surface area (Å²) in [4.78, 5) is 23.1. The van der Waals surface area contributed by atoms with Crippen molar-refractivity contribution in [2.24, 2.45) is 5.73 Å². The number of nitrogens with two attached hydrogens (primary N) is 1. The molecule has 0 aliphatic heterocycles. The molecule has 11 heteroatoms. The van der Waals surface area contributed by atoms with E-state index in [-0.39, 0.29) is 36.1 Å². The van der Waals surface area contributed by atoms with Gasteiger partial charge >= 0.3 is 0 Å². The molecule has 0 spiro atoms. The molecule has 1 aromatic heterocycles. The highest BCUT2D eigenvalue weighted by atomic mass is 32.2. The first-order valence-corrected chi connectivity index (χ1v) is 8.87. The number of aromatic nitrogens is 3. The topological polar surface area (TPSA) is 149 Å². The molecule has 0 saturated heterocycles. The average Bonchev–Trinajstić information content (AvgIpc) is 3.00. The van der Waals surface area contributed by atoms with Gasteiger partial charge in [0.25, 0.3) is 15.9 Å². The van der Waals surface area contributed by atoms with Gasteiger partial charge in [0.05, 0.1) is 11.1 Å². The van der Waals surface area contributed by atoms with Gasteiger partial charge in [-0.15, -0.1) is 5.10 Å². The number of benzene rings is 1.